The van der Waals surface area contributed by atoms with E-state index in [2.05, 4.69) is 20.7 Å². The Bertz CT molecular complexity index is 1170. The van der Waals surface area contributed by atoms with E-state index in [0.29, 0.717) is 43.2 Å². The minimum Gasteiger partial charge on any atom is -0.365 e. The number of nitrogens with zero attached hydrogens (tertiary/aromatic N) is 6. The van der Waals surface area contributed by atoms with Crippen molar-refractivity contribution in [3.8, 4) is 0 Å². The lowest BCUT2D eigenvalue weighted by Crippen LogP contribution is -2.55. The van der Waals surface area contributed by atoms with Crippen molar-refractivity contribution in [3.05, 3.63) is 64.7 Å². The van der Waals surface area contributed by atoms with E-state index < -0.39 is 5.60 Å². The van der Waals surface area contributed by atoms with Gasteiger partial charge in [0.25, 0.3) is 11.8 Å². The van der Waals surface area contributed by atoms with Gasteiger partial charge in [-0.2, -0.15) is 5.10 Å². The maximum Gasteiger partial charge on any atom is 0.274 e. The van der Waals surface area contributed by atoms with E-state index in [9.17, 15) is 9.59 Å². The van der Waals surface area contributed by atoms with E-state index in [1.807, 2.05) is 47.8 Å². The molecule has 2 aromatic heterocycles. The van der Waals surface area contributed by atoms with Crippen molar-refractivity contribution in [1.82, 2.24) is 35.0 Å². The zero-order chi connectivity index (χ0) is 23.0. The van der Waals surface area contributed by atoms with Crippen LogP contribution >= 0.6 is 0 Å². The molecular weight excluding hydrogens is 422 g/mol. The van der Waals surface area contributed by atoms with Gasteiger partial charge in [0.1, 0.15) is 11.3 Å². The van der Waals surface area contributed by atoms with Gasteiger partial charge in [-0.25, -0.2) is 4.68 Å². The van der Waals surface area contributed by atoms with E-state index in [1.54, 1.807) is 16.8 Å². The highest BCUT2D eigenvalue weighted by Crippen LogP contribution is 2.33. The second-order valence-electron chi connectivity index (χ2n) is 8.79. The molecule has 2 amide bonds. The van der Waals surface area contributed by atoms with Crippen LogP contribution in [-0.2, 0) is 31.5 Å². The van der Waals surface area contributed by atoms with Crippen LogP contribution in [-0.4, -0.2) is 60.2 Å². The molecule has 5 rings (SSSR count). The SMILES string of the molecule is Cc1cc(C(=O)N2CCCC3(C2)Cn2nnc(CNC(=O)c4ccccc4)c2CO3)nn1C. The predicted molar refractivity (Wildman–Crippen MR) is 118 cm³/mol. The van der Waals surface area contributed by atoms with E-state index in [-0.39, 0.29) is 18.4 Å². The summed E-state index contributed by atoms with van der Waals surface area (Å²) in [5.74, 6) is -0.230. The lowest BCUT2D eigenvalue weighted by Gasteiger charge is -2.44. The molecule has 1 atom stereocenters. The topological polar surface area (TPSA) is 107 Å². The lowest BCUT2D eigenvalue weighted by atomic mass is 9.91. The van der Waals surface area contributed by atoms with Gasteiger partial charge in [0.05, 0.1) is 31.9 Å². The molecule has 0 radical (unpaired) electrons. The molecule has 1 fully saturated rings. The lowest BCUT2D eigenvalue weighted by molar-refractivity contribution is -0.122. The Labute approximate surface area is 191 Å². The van der Waals surface area contributed by atoms with Gasteiger partial charge in [0.15, 0.2) is 5.69 Å². The molecule has 0 bridgehead atoms. The minimum absolute atomic E-state index is 0.0740. The first-order valence-electron chi connectivity index (χ1n) is 11.1. The predicted octanol–water partition coefficient (Wildman–Crippen LogP) is 1.46. The van der Waals surface area contributed by atoms with Crippen LogP contribution in [0.2, 0.25) is 0 Å². The zero-order valence-corrected chi connectivity index (χ0v) is 18.8. The van der Waals surface area contributed by atoms with Crippen LogP contribution in [0.3, 0.4) is 0 Å². The summed E-state index contributed by atoms with van der Waals surface area (Å²) >= 11 is 0. The monoisotopic (exact) mass is 449 g/mol. The van der Waals surface area contributed by atoms with Gasteiger partial charge in [-0.1, -0.05) is 23.4 Å². The molecular formula is C23H27N7O3. The summed E-state index contributed by atoms with van der Waals surface area (Å²) in [6.07, 6.45) is 1.69. The van der Waals surface area contributed by atoms with Crippen molar-refractivity contribution in [2.75, 3.05) is 13.1 Å². The summed E-state index contributed by atoms with van der Waals surface area (Å²) in [5.41, 5.74) is 3.06. The molecule has 1 saturated heterocycles. The maximum atomic E-state index is 13.0. The number of carbonyl (C=O) groups excluding carboxylic acids is 2. The molecule has 2 aliphatic heterocycles. The van der Waals surface area contributed by atoms with Crippen LogP contribution in [0.25, 0.3) is 0 Å². The Balaban J connectivity index is 1.26. The smallest absolute Gasteiger partial charge is 0.274 e. The number of ether oxygens (including phenoxy) is 1. The Morgan fingerprint density at radius 2 is 2.03 bits per heavy atom. The van der Waals surface area contributed by atoms with Crippen LogP contribution in [0, 0.1) is 6.92 Å². The van der Waals surface area contributed by atoms with Gasteiger partial charge in [-0.05, 0) is 38.0 Å². The quantitative estimate of drug-likeness (QED) is 0.646. The standard InChI is InChI=1S/C23H27N7O3/c1-16-11-18(26-28(16)2)22(32)29-10-6-9-23(14-29)15-30-20(13-33-23)19(25-27-30)12-24-21(31)17-7-4-3-5-8-17/h3-5,7-8,11H,6,9-10,12-15H2,1-2H3,(H,24,31). The van der Waals surface area contributed by atoms with E-state index in [1.165, 1.54) is 0 Å². The molecule has 172 valence electrons. The molecule has 10 nitrogen and oxygen atoms in total. The fourth-order valence-corrected chi connectivity index (χ4v) is 4.53. The molecule has 1 spiro atoms. The molecule has 10 heteroatoms. The van der Waals surface area contributed by atoms with Crippen LogP contribution in [0.15, 0.2) is 36.4 Å². The number of amides is 2. The first-order valence-corrected chi connectivity index (χ1v) is 11.1. The minimum atomic E-state index is -0.497. The first kappa shape index (κ1) is 21.3. The number of fused-ring (bicyclic) bond motifs is 1. The number of hydrogen-bond donors (Lipinski definition) is 1. The summed E-state index contributed by atoms with van der Waals surface area (Å²) in [7, 11) is 1.83. The maximum absolute atomic E-state index is 13.0. The summed E-state index contributed by atoms with van der Waals surface area (Å²) < 4.78 is 9.90. The van der Waals surface area contributed by atoms with Crippen LogP contribution in [0.5, 0.6) is 0 Å². The Kier molecular flexibility index (Phi) is 5.45. The first-order chi connectivity index (χ1) is 15.9. The molecule has 0 saturated carbocycles. The van der Waals surface area contributed by atoms with Crippen LogP contribution < -0.4 is 5.32 Å². The van der Waals surface area contributed by atoms with E-state index >= 15 is 0 Å². The molecule has 2 aliphatic rings. The number of aromatic nitrogens is 5. The second kappa shape index (κ2) is 8.43. The van der Waals surface area contributed by atoms with Crippen LogP contribution in [0.1, 0.15) is 50.8 Å². The highest BCUT2D eigenvalue weighted by molar-refractivity contribution is 5.94. The number of benzene rings is 1. The largest absolute Gasteiger partial charge is 0.365 e. The fourth-order valence-electron chi connectivity index (χ4n) is 4.53. The van der Waals surface area contributed by atoms with Crippen LogP contribution in [0.4, 0.5) is 0 Å². The third-order valence-electron chi connectivity index (χ3n) is 6.48. The van der Waals surface area contributed by atoms with E-state index in [4.69, 9.17) is 4.74 Å². The van der Waals surface area contributed by atoms with Crippen molar-refractivity contribution in [1.29, 1.82) is 0 Å². The zero-order valence-electron chi connectivity index (χ0n) is 18.8. The Hall–Kier alpha value is -3.53. The van der Waals surface area contributed by atoms with Gasteiger partial charge in [-0.15, -0.1) is 5.10 Å². The summed E-state index contributed by atoms with van der Waals surface area (Å²) in [6.45, 7) is 4.24. The van der Waals surface area contributed by atoms with Crippen molar-refractivity contribution in [3.63, 3.8) is 0 Å². The van der Waals surface area contributed by atoms with Gasteiger partial charge >= 0.3 is 0 Å². The fraction of sp³-hybridized carbons (Fsp3) is 0.435. The van der Waals surface area contributed by atoms with Gasteiger partial charge in [0.2, 0.25) is 0 Å². The average Bonchev–Trinajstić information content (AvgIpc) is 3.39. The molecule has 3 aromatic rings. The van der Waals surface area contributed by atoms with Crippen molar-refractivity contribution >= 4 is 11.8 Å². The second-order valence-corrected chi connectivity index (χ2v) is 8.79. The number of likely N-dealkylation sites (tertiary alicyclic amines) is 1. The number of hydrogen-bond acceptors (Lipinski definition) is 6. The number of rotatable bonds is 4. The highest BCUT2D eigenvalue weighted by Gasteiger charge is 2.43. The molecule has 0 aliphatic carbocycles. The third kappa shape index (κ3) is 4.13. The highest BCUT2D eigenvalue weighted by atomic mass is 16.5. The number of carbonyl (C=O) groups is 2. The van der Waals surface area contributed by atoms with Gasteiger partial charge in [0, 0.05) is 24.8 Å². The van der Waals surface area contributed by atoms with Crippen molar-refractivity contribution < 1.29 is 14.3 Å². The molecule has 1 N–H and O–H groups in total. The number of piperidine rings is 1. The van der Waals surface area contributed by atoms with Gasteiger partial charge in [-0.3, -0.25) is 14.3 Å². The number of nitrogens with one attached hydrogen (secondary N) is 1. The number of aryl methyl sites for hydroxylation is 2. The van der Waals surface area contributed by atoms with Crippen molar-refractivity contribution in [2.45, 2.75) is 45.1 Å². The third-order valence-corrected chi connectivity index (χ3v) is 6.48. The van der Waals surface area contributed by atoms with Gasteiger partial charge < -0.3 is 15.0 Å². The Morgan fingerprint density at radius 1 is 1.21 bits per heavy atom. The summed E-state index contributed by atoms with van der Waals surface area (Å²) in [5, 5.41) is 15.8. The van der Waals surface area contributed by atoms with E-state index in [0.717, 1.165) is 24.2 Å². The summed E-state index contributed by atoms with van der Waals surface area (Å²) in [4.78, 5) is 27.2. The molecule has 1 aromatic carbocycles. The normalized spacial score (nSPS) is 20.0. The molecule has 33 heavy (non-hydrogen) atoms. The average molecular weight is 450 g/mol. The molecule has 1 unspecified atom stereocenters. The molecule has 4 heterocycles. The summed E-state index contributed by atoms with van der Waals surface area (Å²) in [6, 6.07) is 10.9. The Morgan fingerprint density at radius 3 is 2.79 bits per heavy atom. The van der Waals surface area contributed by atoms with Crippen molar-refractivity contribution in [2.24, 2.45) is 7.05 Å².